The smallest absolute Gasteiger partial charge is 0.356 e. The molecule has 0 spiro atoms. The van der Waals surface area contributed by atoms with Gasteiger partial charge in [-0.25, -0.2) is 9.78 Å². The van der Waals surface area contributed by atoms with Gasteiger partial charge in [-0.3, -0.25) is 0 Å². The molecule has 2 rings (SSSR count). The molecule has 2 aromatic heterocycles. The highest BCUT2D eigenvalue weighted by molar-refractivity contribution is 5.87. The fourth-order valence-electron chi connectivity index (χ4n) is 1.37. The first-order valence-corrected chi connectivity index (χ1v) is 4.04. The maximum atomic E-state index is 10.8. The van der Waals surface area contributed by atoms with Crippen LogP contribution in [0.15, 0.2) is 24.4 Å². The predicted molar refractivity (Wildman–Crippen MR) is 48.1 cm³/mol. The summed E-state index contributed by atoms with van der Waals surface area (Å²) in [5, 5.41) is 17.8. The summed E-state index contributed by atoms with van der Waals surface area (Å²) in [4.78, 5) is 14.6. The first-order chi connectivity index (χ1) is 6.74. The molecule has 2 aromatic rings. The van der Waals surface area contributed by atoms with Crippen molar-refractivity contribution in [2.45, 2.75) is 6.61 Å². The zero-order valence-electron chi connectivity index (χ0n) is 7.21. The first kappa shape index (κ1) is 8.71. The number of aromatic nitrogens is 2. The Labute approximate surface area is 79.2 Å². The van der Waals surface area contributed by atoms with Crippen LogP contribution in [-0.4, -0.2) is 25.6 Å². The van der Waals surface area contributed by atoms with Crippen molar-refractivity contribution in [1.29, 1.82) is 0 Å². The molecule has 0 atom stereocenters. The summed E-state index contributed by atoms with van der Waals surface area (Å²) in [7, 11) is 0. The van der Waals surface area contributed by atoms with Gasteiger partial charge in [-0.05, 0) is 12.1 Å². The van der Waals surface area contributed by atoms with Crippen LogP contribution in [0.25, 0.3) is 5.65 Å². The van der Waals surface area contributed by atoms with Gasteiger partial charge in [0.15, 0.2) is 5.69 Å². The zero-order valence-corrected chi connectivity index (χ0v) is 7.21. The summed E-state index contributed by atoms with van der Waals surface area (Å²) in [6.45, 7) is -0.340. The molecule has 0 saturated heterocycles. The van der Waals surface area contributed by atoms with Gasteiger partial charge in [-0.2, -0.15) is 0 Å². The van der Waals surface area contributed by atoms with Crippen molar-refractivity contribution in [2.75, 3.05) is 0 Å². The zero-order chi connectivity index (χ0) is 10.1. The van der Waals surface area contributed by atoms with E-state index in [2.05, 4.69) is 4.98 Å². The summed E-state index contributed by atoms with van der Waals surface area (Å²) < 4.78 is 1.56. The van der Waals surface area contributed by atoms with Gasteiger partial charge in [-0.1, -0.05) is 6.07 Å². The number of hydrogen-bond acceptors (Lipinski definition) is 3. The van der Waals surface area contributed by atoms with Crippen molar-refractivity contribution in [3.63, 3.8) is 0 Å². The third kappa shape index (κ3) is 1.14. The molecule has 0 unspecified atom stereocenters. The molecule has 0 amide bonds. The van der Waals surface area contributed by atoms with Crippen LogP contribution in [0.1, 0.15) is 16.2 Å². The van der Waals surface area contributed by atoms with Gasteiger partial charge < -0.3 is 14.6 Å². The van der Waals surface area contributed by atoms with Crippen LogP contribution in [0.2, 0.25) is 0 Å². The molecule has 0 aliphatic heterocycles. The number of hydrogen-bond donors (Lipinski definition) is 2. The lowest BCUT2D eigenvalue weighted by atomic mass is 10.3. The minimum atomic E-state index is -1.13. The quantitative estimate of drug-likeness (QED) is 0.727. The number of carboxylic acids is 1. The van der Waals surface area contributed by atoms with Crippen molar-refractivity contribution < 1.29 is 15.0 Å². The molecule has 0 radical (unpaired) electrons. The van der Waals surface area contributed by atoms with Crippen LogP contribution < -0.4 is 0 Å². The molecule has 2 heterocycles. The molecule has 0 aliphatic rings. The van der Waals surface area contributed by atoms with Crippen molar-refractivity contribution in [3.8, 4) is 0 Å². The van der Waals surface area contributed by atoms with Crippen LogP contribution in [0.5, 0.6) is 0 Å². The number of aromatic carboxylic acids is 1. The van der Waals surface area contributed by atoms with Crippen LogP contribution in [0.4, 0.5) is 0 Å². The highest BCUT2D eigenvalue weighted by Gasteiger charge is 2.16. The largest absolute Gasteiger partial charge is 0.476 e. The van der Waals surface area contributed by atoms with Crippen molar-refractivity contribution in [3.05, 3.63) is 35.8 Å². The Morgan fingerprint density at radius 1 is 1.50 bits per heavy atom. The molecule has 0 aliphatic carbocycles. The number of aliphatic hydroxyl groups excluding tert-OH is 1. The van der Waals surface area contributed by atoms with E-state index in [4.69, 9.17) is 10.2 Å². The van der Waals surface area contributed by atoms with Crippen LogP contribution in [0.3, 0.4) is 0 Å². The lowest BCUT2D eigenvalue weighted by Gasteiger charge is -1.96. The van der Waals surface area contributed by atoms with Gasteiger partial charge in [0.2, 0.25) is 0 Å². The van der Waals surface area contributed by atoms with E-state index < -0.39 is 5.97 Å². The van der Waals surface area contributed by atoms with E-state index in [0.717, 1.165) is 0 Å². The number of nitrogens with zero attached hydrogens (tertiary/aromatic N) is 2. The second kappa shape index (κ2) is 3.12. The Kier molecular flexibility index (Phi) is 1.94. The van der Waals surface area contributed by atoms with Gasteiger partial charge in [-0.15, -0.1) is 0 Å². The maximum Gasteiger partial charge on any atom is 0.356 e. The number of imidazole rings is 1. The molecule has 2 N–H and O–H groups in total. The molecule has 72 valence electrons. The standard InChI is InChI=1S/C9H8N2O3/c12-5-6-8(9(13)14)10-7-3-1-2-4-11(6)7/h1-4,12H,5H2,(H,13,14). The normalized spacial score (nSPS) is 10.6. The highest BCUT2D eigenvalue weighted by Crippen LogP contribution is 2.12. The molecule has 0 saturated carbocycles. The molecular weight excluding hydrogens is 184 g/mol. The van der Waals surface area contributed by atoms with Crippen molar-refractivity contribution in [1.82, 2.24) is 9.38 Å². The van der Waals surface area contributed by atoms with Crippen LogP contribution >= 0.6 is 0 Å². The van der Waals surface area contributed by atoms with E-state index in [1.807, 2.05) is 0 Å². The third-order valence-corrected chi connectivity index (χ3v) is 1.98. The van der Waals surface area contributed by atoms with E-state index in [-0.39, 0.29) is 12.3 Å². The van der Waals surface area contributed by atoms with E-state index in [0.29, 0.717) is 11.3 Å². The number of pyridine rings is 1. The minimum Gasteiger partial charge on any atom is -0.476 e. The van der Waals surface area contributed by atoms with Gasteiger partial charge >= 0.3 is 5.97 Å². The Morgan fingerprint density at radius 2 is 2.29 bits per heavy atom. The SMILES string of the molecule is O=C(O)c1nc2ccccn2c1CO. The number of fused-ring (bicyclic) bond motifs is 1. The Bertz CT molecular complexity index is 490. The molecule has 0 fully saturated rings. The first-order valence-electron chi connectivity index (χ1n) is 4.04. The molecule has 0 bridgehead atoms. The molecule has 5 nitrogen and oxygen atoms in total. The van der Waals surface area contributed by atoms with Crippen molar-refractivity contribution in [2.24, 2.45) is 0 Å². The molecule has 5 heteroatoms. The summed E-state index contributed by atoms with van der Waals surface area (Å²) >= 11 is 0. The molecule has 0 aromatic carbocycles. The summed E-state index contributed by atoms with van der Waals surface area (Å²) in [5.74, 6) is -1.13. The number of carboxylic acid groups (broad SMARTS) is 1. The third-order valence-electron chi connectivity index (χ3n) is 1.98. The number of aliphatic hydroxyl groups is 1. The van der Waals surface area contributed by atoms with Gasteiger partial charge in [0.05, 0.1) is 12.3 Å². The summed E-state index contributed by atoms with van der Waals surface area (Å²) in [6, 6.07) is 5.19. The van der Waals surface area contributed by atoms with Gasteiger partial charge in [0, 0.05) is 6.20 Å². The number of carbonyl (C=O) groups is 1. The average Bonchev–Trinajstić information content (AvgIpc) is 2.56. The van der Waals surface area contributed by atoms with E-state index in [1.54, 1.807) is 28.8 Å². The molecular formula is C9H8N2O3. The predicted octanol–water partition coefficient (Wildman–Crippen LogP) is 0.525. The maximum absolute atomic E-state index is 10.8. The monoisotopic (exact) mass is 192 g/mol. The summed E-state index contributed by atoms with van der Waals surface area (Å²) in [6.07, 6.45) is 1.67. The summed E-state index contributed by atoms with van der Waals surface area (Å²) in [5.41, 5.74) is 0.723. The molecule has 14 heavy (non-hydrogen) atoms. The highest BCUT2D eigenvalue weighted by atomic mass is 16.4. The second-order valence-corrected chi connectivity index (χ2v) is 2.80. The topological polar surface area (TPSA) is 74.8 Å². The van der Waals surface area contributed by atoms with E-state index in [1.165, 1.54) is 0 Å². The van der Waals surface area contributed by atoms with E-state index >= 15 is 0 Å². The van der Waals surface area contributed by atoms with Gasteiger partial charge in [0.1, 0.15) is 5.65 Å². The number of rotatable bonds is 2. The van der Waals surface area contributed by atoms with Gasteiger partial charge in [0.25, 0.3) is 0 Å². The minimum absolute atomic E-state index is 0.0984. The van der Waals surface area contributed by atoms with Crippen LogP contribution in [0, 0.1) is 0 Å². The second-order valence-electron chi connectivity index (χ2n) is 2.80. The van der Waals surface area contributed by atoms with E-state index in [9.17, 15) is 4.79 Å². The average molecular weight is 192 g/mol. The lowest BCUT2D eigenvalue weighted by Crippen LogP contribution is -2.03. The lowest BCUT2D eigenvalue weighted by molar-refractivity contribution is 0.0687. The fraction of sp³-hybridized carbons (Fsp3) is 0.111. The Morgan fingerprint density at radius 3 is 2.93 bits per heavy atom. The Balaban J connectivity index is 2.78. The van der Waals surface area contributed by atoms with Crippen molar-refractivity contribution >= 4 is 11.6 Å². The fourth-order valence-corrected chi connectivity index (χ4v) is 1.37. The van der Waals surface area contributed by atoms with Crippen LogP contribution in [-0.2, 0) is 6.61 Å². The Hall–Kier alpha value is -1.88.